The van der Waals surface area contributed by atoms with Gasteiger partial charge in [-0.2, -0.15) is 0 Å². The number of hydrogen-bond acceptors (Lipinski definition) is 0. The summed E-state index contributed by atoms with van der Waals surface area (Å²) in [6, 6.07) is 8.83. The molecule has 0 aliphatic heterocycles. The lowest BCUT2D eigenvalue weighted by Crippen LogP contribution is -1.85. The van der Waals surface area contributed by atoms with Crippen molar-refractivity contribution in [2.75, 3.05) is 0 Å². The van der Waals surface area contributed by atoms with Gasteiger partial charge in [-0.25, -0.2) is 0 Å². The molecule has 1 aromatic rings. The first kappa shape index (κ1) is 11.8. The van der Waals surface area contributed by atoms with Gasteiger partial charge < -0.3 is 0 Å². The molecule has 0 radical (unpaired) electrons. The highest BCUT2D eigenvalue weighted by molar-refractivity contribution is 14.1. The van der Waals surface area contributed by atoms with E-state index in [0.717, 1.165) is 0 Å². The standard InChI is InChI=1S/C13H17I/c1-2-3-4-5-6-7-12-8-10-13(14)11-9-12/h2-3,8-11H,4-7H2,1H3/b3-2+. The first-order valence-corrected chi connectivity index (χ1v) is 6.26. The van der Waals surface area contributed by atoms with Gasteiger partial charge >= 0.3 is 0 Å². The molecule has 0 saturated carbocycles. The second-order valence-corrected chi connectivity index (χ2v) is 4.69. The molecule has 0 nitrogen and oxygen atoms in total. The van der Waals surface area contributed by atoms with E-state index in [4.69, 9.17) is 0 Å². The van der Waals surface area contributed by atoms with Crippen molar-refractivity contribution >= 4 is 22.6 Å². The molecule has 0 amide bonds. The minimum Gasteiger partial charge on any atom is -0.0917 e. The van der Waals surface area contributed by atoms with Crippen molar-refractivity contribution in [2.24, 2.45) is 0 Å². The molecule has 0 unspecified atom stereocenters. The van der Waals surface area contributed by atoms with Crippen LogP contribution in [0, 0.1) is 3.57 Å². The smallest absolute Gasteiger partial charge is 0.0130 e. The van der Waals surface area contributed by atoms with Crippen molar-refractivity contribution in [2.45, 2.75) is 32.6 Å². The lowest BCUT2D eigenvalue weighted by Gasteiger charge is -2.00. The molecule has 76 valence electrons. The number of allylic oxidation sites excluding steroid dienone is 2. The Bertz CT molecular complexity index is 272. The van der Waals surface area contributed by atoms with Crippen LogP contribution in [0.3, 0.4) is 0 Å². The molecule has 1 aromatic carbocycles. The maximum absolute atomic E-state index is 2.34. The van der Waals surface area contributed by atoms with Gasteiger partial charge in [0.05, 0.1) is 0 Å². The molecule has 0 spiro atoms. The number of rotatable bonds is 5. The van der Waals surface area contributed by atoms with Gasteiger partial charge in [-0.15, -0.1) is 0 Å². The van der Waals surface area contributed by atoms with E-state index in [9.17, 15) is 0 Å². The van der Waals surface area contributed by atoms with E-state index in [-0.39, 0.29) is 0 Å². The fourth-order valence-electron chi connectivity index (χ4n) is 1.41. The molecule has 1 heteroatoms. The summed E-state index contributed by atoms with van der Waals surface area (Å²) in [7, 11) is 0. The van der Waals surface area contributed by atoms with Crippen LogP contribution >= 0.6 is 22.6 Å². The first-order chi connectivity index (χ1) is 6.83. The van der Waals surface area contributed by atoms with Gasteiger partial charge in [0.25, 0.3) is 0 Å². The van der Waals surface area contributed by atoms with Crippen LogP contribution in [0.4, 0.5) is 0 Å². The molecule has 1 rings (SSSR count). The lowest BCUT2D eigenvalue weighted by atomic mass is 10.1. The monoisotopic (exact) mass is 300 g/mol. The number of halogens is 1. The quantitative estimate of drug-likeness (QED) is 0.424. The van der Waals surface area contributed by atoms with E-state index in [1.807, 2.05) is 0 Å². The zero-order chi connectivity index (χ0) is 10.2. The maximum atomic E-state index is 2.34. The van der Waals surface area contributed by atoms with E-state index in [1.54, 1.807) is 0 Å². The van der Waals surface area contributed by atoms with E-state index < -0.39 is 0 Å². The normalized spacial score (nSPS) is 11.0. The maximum Gasteiger partial charge on any atom is 0.0130 e. The minimum absolute atomic E-state index is 1.22. The molecular formula is C13H17I. The zero-order valence-electron chi connectivity index (χ0n) is 8.67. The van der Waals surface area contributed by atoms with E-state index in [1.165, 1.54) is 34.8 Å². The van der Waals surface area contributed by atoms with Gasteiger partial charge in [-0.3, -0.25) is 0 Å². The molecule has 0 N–H and O–H groups in total. The molecule has 0 aliphatic carbocycles. The lowest BCUT2D eigenvalue weighted by molar-refractivity contribution is 0.747. The Morgan fingerprint density at radius 1 is 1.14 bits per heavy atom. The average molecular weight is 300 g/mol. The molecule has 0 bridgehead atoms. The van der Waals surface area contributed by atoms with Crippen molar-refractivity contribution in [1.82, 2.24) is 0 Å². The van der Waals surface area contributed by atoms with Crippen molar-refractivity contribution in [1.29, 1.82) is 0 Å². The van der Waals surface area contributed by atoms with E-state index in [0.29, 0.717) is 0 Å². The summed E-state index contributed by atoms with van der Waals surface area (Å²) in [5.74, 6) is 0. The van der Waals surface area contributed by atoms with Crippen LogP contribution in [0.15, 0.2) is 36.4 Å². The SMILES string of the molecule is C/C=C/CCCCc1ccc(I)cc1. The third-order valence-electron chi connectivity index (χ3n) is 2.24. The fourth-order valence-corrected chi connectivity index (χ4v) is 1.77. The largest absolute Gasteiger partial charge is 0.0917 e. The Morgan fingerprint density at radius 3 is 2.50 bits per heavy atom. The third-order valence-corrected chi connectivity index (χ3v) is 2.95. The van der Waals surface area contributed by atoms with E-state index >= 15 is 0 Å². The fraction of sp³-hybridized carbons (Fsp3) is 0.385. The van der Waals surface area contributed by atoms with Crippen LogP contribution in [-0.4, -0.2) is 0 Å². The number of hydrogen-bond donors (Lipinski definition) is 0. The van der Waals surface area contributed by atoms with Crippen LogP contribution in [0.5, 0.6) is 0 Å². The highest BCUT2D eigenvalue weighted by atomic mass is 127. The van der Waals surface area contributed by atoms with Gasteiger partial charge in [0, 0.05) is 3.57 Å². The zero-order valence-corrected chi connectivity index (χ0v) is 10.8. The summed E-state index contributed by atoms with van der Waals surface area (Å²) >= 11 is 2.34. The van der Waals surface area contributed by atoms with Gasteiger partial charge in [0.2, 0.25) is 0 Å². The molecule has 0 fully saturated rings. The van der Waals surface area contributed by atoms with Gasteiger partial charge in [0.15, 0.2) is 0 Å². The molecule has 0 saturated heterocycles. The Balaban J connectivity index is 2.21. The predicted octanol–water partition coefficient (Wildman–Crippen LogP) is 4.58. The number of benzene rings is 1. The van der Waals surface area contributed by atoms with Crippen molar-refractivity contribution < 1.29 is 0 Å². The van der Waals surface area contributed by atoms with Gasteiger partial charge in [-0.05, 0) is 72.9 Å². The Labute approximate surface area is 101 Å². The number of aryl methyl sites for hydroxylation is 1. The summed E-state index contributed by atoms with van der Waals surface area (Å²) in [4.78, 5) is 0. The molecule has 14 heavy (non-hydrogen) atoms. The van der Waals surface area contributed by atoms with Crippen molar-refractivity contribution in [3.8, 4) is 0 Å². The Kier molecular flexibility index (Phi) is 5.92. The van der Waals surface area contributed by atoms with E-state index in [2.05, 4.69) is 65.9 Å². The van der Waals surface area contributed by atoms with Crippen LogP contribution < -0.4 is 0 Å². The summed E-state index contributed by atoms with van der Waals surface area (Å²) in [5.41, 5.74) is 1.46. The summed E-state index contributed by atoms with van der Waals surface area (Å²) in [5, 5.41) is 0. The highest BCUT2D eigenvalue weighted by Gasteiger charge is 1.92. The van der Waals surface area contributed by atoms with Crippen LogP contribution in [0.25, 0.3) is 0 Å². The van der Waals surface area contributed by atoms with Gasteiger partial charge in [-0.1, -0.05) is 24.3 Å². The topological polar surface area (TPSA) is 0 Å². The summed E-state index contributed by atoms with van der Waals surface area (Å²) in [6.07, 6.45) is 9.41. The predicted molar refractivity (Wildman–Crippen MR) is 71.5 cm³/mol. The second-order valence-electron chi connectivity index (χ2n) is 3.44. The molecular weight excluding hydrogens is 283 g/mol. The molecule has 0 aromatic heterocycles. The third kappa shape index (κ3) is 4.80. The summed E-state index contributed by atoms with van der Waals surface area (Å²) < 4.78 is 1.32. The van der Waals surface area contributed by atoms with Crippen molar-refractivity contribution in [3.05, 3.63) is 45.6 Å². The van der Waals surface area contributed by atoms with Crippen molar-refractivity contribution in [3.63, 3.8) is 0 Å². The van der Waals surface area contributed by atoms with Gasteiger partial charge in [0.1, 0.15) is 0 Å². The van der Waals surface area contributed by atoms with Crippen LogP contribution in [-0.2, 0) is 6.42 Å². The molecule has 0 atom stereocenters. The molecule has 0 aliphatic rings. The Morgan fingerprint density at radius 2 is 1.86 bits per heavy atom. The highest BCUT2D eigenvalue weighted by Crippen LogP contribution is 2.10. The van der Waals surface area contributed by atoms with Crippen LogP contribution in [0.1, 0.15) is 31.7 Å². The molecule has 0 heterocycles. The second kappa shape index (κ2) is 7.04. The summed E-state index contributed by atoms with van der Waals surface area (Å²) in [6.45, 7) is 2.08. The average Bonchev–Trinajstić information content (AvgIpc) is 2.21. The Hall–Kier alpha value is -0.310. The number of unbranched alkanes of at least 4 members (excludes halogenated alkanes) is 2. The van der Waals surface area contributed by atoms with Crippen LogP contribution in [0.2, 0.25) is 0 Å². The first-order valence-electron chi connectivity index (χ1n) is 5.18. The minimum atomic E-state index is 1.22.